The number of nitrogens with one attached hydrogen (secondary N) is 2. The van der Waals surface area contributed by atoms with E-state index >= 15 is 0 Å². The Hall–Kier alpha value is -2.11. The van der Waals surface area contributed by atoms with E-state index in [9.17, 15) is 4.79 Å². The summed E-state index contributed by atoms with van der Waals surface area (Å²) in [6, 6.07) is 8.82. The number of hydrogen-bond donors (Lipinski definition) is 2. The van der Waals surface area contributed by atoms with Gasteiger partial charge in [-0.2, -0.15) is 5.26 Å². The normalized spacial score (nSPS) is 11.8. The summed E-state index contributed by atoms with van der Waals surface area (Å²) in [5.74, 6) is 0.415. The van der Waals surface area contributed by atoms with Crippen molar-refractivity contribution < 1.29 is 4.79 Å². The van der Waals surface area contributed by atoms with Crippen LogP contribution < -0.4 is 10.6 Å². The third-order valence-corrected chi connectivity index (χ3v) is 5.06. The van der Waals surface area contributed by atoms with Crippen LogP contribution in [0.15, 0.2) is 28.6 Å². The maximum atomic E-state index is 12.2. The quantitative estimate of drug-likeness (QED) is 0.732. The summed E-state index contributed by atoms with van der Waals surface area (Å²) in [5, 5.41) is 23.5. The molecule has 0 aliphatic rings. The fourth-order valence-corrected chi connectivity index (χ4v) is 3.60. The van der Waals surface area contributed by atoms with Crippen molar-refractivity contribution >= 4 is 39.8 Å². The van der Waals surface area contributed by atoms with Crippen molar-refractivity contribution in [2.24, 2.45) is 5.92 Å². The van der Waals surface area contributed by atoms with Crippen LogP contribution in [-0.4, -0.2) is 27.9 Å². The van der Waals surface area contributed by atoms with Crippen molar-refractivity contribution in [1.82, 2.24) is 10.2 Å². The van der Waals surface area contributed by atoms with Crippen LogP contribution in [0.5, 0.6) is 0 Å². The average molecular weight is 361 g/mol. The molecule has 2 N–H and O–H groups in total. The lowest BCUT2D eigenvalue weighted by Crippen LogP contribution is -2.22. The van der Waals surface area contributed by atoms with E-state index in [0.29, 0.717) is 17.2 Å². The predicted octanol–water partition coefficient (Wildman–Crippen LogP) is 3.60. The fraction of sp³-hybridized carbons (Fsp3) is 0.375. The number of nitrogens with zero attached hydrogens (tertiary/aromatic N) is 3. The molecule has 2 rings (SSSR count). The zero-order chi connectivity index (χ0) is 17.5. The van der Waals surface area contributed by atoms with E-state index in [1.807, 2.05) is 13.0 Å². The summed E-state index contributed by atoms with van der Waals surface area (Å²) in [6.07, 6.45) is 0. The molecule has 0 fully saturated rings. The van der Waals surface area contributed by atoms with Crippen molar-refractivity contribution in [2.75, 3.05) is 17.2 Å². The average Bonchev–Trinajstić information content (AvgIpc) is 3.01. The lowest BCUT2D eigenvalue weighted by atomic mass is 10.2. The molecule has 0 saturated carbocycles. The van der Waals surface area contributed by atoms with Gasteiger partial charge in [-0.1, -0.05) is 36.9 Å². The lowest BCUT2D eigenvalue weighted by Gasteiger charge is -2.10. The summed E-state index contributed by atoms with van der Waals surface area (Å²) in [7, 11) is 0. The molecule has 1 atom stereocenters. The van der Waals surface area contributed by atoms with E-state index < -0.39 is 0 Å². The predicted molar refractivity (Wildman–Crippen MR) is 98.3 cm³/mol. The molecule has 0 aliphatic heterocycles. The van der Waals surface area contributed by atoms with Crippen molar-refractivity contribution in [3.05, 3.63) is 29.8 Å². The smallest absolute Gasteiger partial charge is 0.237 e. The molecule has 1 amide bonds. The molecule has 6 nitrogen and oxygen atoms in total. The number of carbonyl (C=O) groups is 1. The molecular formula is C16H19N5OS2. The van der Waals surface area contributed by atoms with Crippen LogP contribution in [0.4, 0.5) is 10.8 Å². The van der Waals surface area contributed by atoms with Gasteiger partial charge < -0.3 is 10.6 Å². The molecule has 1 aromatic heterocycles. The third-order valence-electron chi connectivity index (χ3n) is 3.00. The second-order valence-electron chi connectivity index (χ2n) is 5.59. The second-order valence-corrected chi connectivity index (χ2v) is 8.15. The van der Waals surface area contributed by atoms with Gasteiger partial charge in [0, 0.05) is 12.2 Å². The summed E-state index contributed by atoms with van der Waals surface area (Å²) < 4.78 is 0.753. The highest BCUT2D eigenvalue weighted by molar-refractivity contribution is 8.02. The highest BCUT2D eigenvalue weighted by Crippen LogP contribution is 2.29. The molecule has 0 saturated heterocycles. The lowest BCUT2D eigenvalue weighted by molar-refractivity contribution is -0.115. The van der Waals surface area contributed by atoms with Gasteiger partial charge in [0.15, 0.2) is 4.34 Å². The fourth-order valence-electron chi connectivity index (χ4n) is 1.70. The first-order valence-electron chi connectivity index (χ1n) is 7.53. The minimum atomic E-state index is -0.299. The Morgan fingerprint density at radius 3 is 2.62 bits per heavy atom. The Morgan fingerprint density at radius 2 is 2.00 bits per heavy atom. The number of aromatic nitrogens is 2. The van der Waals surface area contributed by atoms with E-state index in [2.05, 4.69) is 34.7 Å². The van der Waals surface area contributed by atoms with Crippen LogP contribution in [-0.2, 0) is 4.79 Å². The molecule has 8 heteroatoms. The maximum absolute atomic E-state index is 12.2. The number of carbonyl (C=O) groups excluding carboxylic acids is 1. The third kappa shape index (κ3) is 5.51. The number of amides is 1. The molecule has 0 radical (unpaired) electrons. The van der Waals surface area contributed by atoms with Gasteiger partial charge in [-0.15, -0.1) is 10.2 Å². The molecule has 0 aliphatic carbocycles. The minimum Gasteiger partial charge on any atom is -0.360 e. The summed E-state index contributed by atoms with van der Waals surface area (Å²) in [4.78, 5) is 12.2. The standard InChI is InChI=1S/C16H19N5OS2/c1-10(2)9-18-15-20-21-16(24-15)23-11(3)14(22)19-13-6-4-12(8-17)5-7-13/h4-7,10-11H,9H2,1-3H3,(H,18,20)(H,19,22)/t11-/m1/s1. The zero-order valence-corrected chi connectivity index (χ0v) is 15.4. The van der Waals surface area contributed by atoms with Crippen LogP contribution in [0.1, 0.15) is 26.3 Å². The number of hydrogen-bond acceptors (Lipinski definition) is 7. The van der Waals surface area contributed by atoms with E-state index in [4.69, 9.17) is 5.26 Å². The van der Waals surface area contributed by atoms with Gasteiger partial charge in [0.25, 0.3) is 0 Å². The van der Waals surface area contributed by atoms with Crippen LogP contribution in [0.2, 0.25) is 0 Å². The topological polar surface area (TPSA) is 90.7 Å². The number of anilines is 2. The molecule has 1 heterocycles. The van der Waals surface area contributed by atoms with E-state index in [1.54, 1.807) is 24.3 Å². The zero-order valence-electron chi connectivity index (χ0n) is 13.7. The van der Waals surface area contributed by atoms with Gasteiger partial charge in [-0.3, -0.25) is 4.79 Å². The van der Waals surface area contributed by atoms with Crippen LogP contribution in [0.25, 0.3) is 0 Å². The maximum Gasteiger partial charge on any atom is 0.237 e. The first-order chi connectivity index (χ1) is 11.5. The van der Waals surface area contributed by atoms with E-state index in [0.717, 1.165) is 16.0 Å². The highest BCUT2D eigenvalue weighted by Gasteiger charge is 2.17. The first-order valence-corrected chi connectivity index (χ1v) is 9.22. The van der Waals surface area contributed by atoms with Crippen molar-refractivity contribution in [3.63, 3.8) is 0 Å². The largest absolute Gasteiger partial charge is 0.360 e. The van der Waals surface area contributed by atoms with E-state index in [1.165, 1.54) is 23.1 Å². The number of thioether (sulfide) groups is 1. The van der Waals surface area contributed by atoms with Crippen LogP contribution in [0.3, 0.4) is 0 Å². The Balaban J connectivity index is 1.88. The summed E-state index contributed by atoms with van der Waals surface area (Å²) >= 11 is 2.82. The molecule has 0 bridgehead atoms. The van der Waals surface area contributed by atoms with Gasteiger partial charge in [0.2, 0.25) is 11.0 Å². The second kappa shape index (κ2) is 8.66. The molecule has 0 spiro atoms. The van der Waals surface area contributed by atoms with Crippen LogP contribution in [0, 0.1) is 17.2 Å². The monoisotopic (exact) mass is 361 g/mol. The first kappa shape index (κ1) is 18.2. The van der Waals surface area contributed by atoms with Gasteiger partial charge in [-0.05, 0) is 37.1 Å². The highest BCUT2D eigenvalue weighted by atomic mass is 32.2. The summed E-state index contributed by atoms with van der Waals surface area (Å²) in [6.45, 7) is 6.92. The minimum absolute atomic E-state index is 0.114. The van der Waals surface area contributed by atoms with Crippen molar-refractivity contribution in [2.45, 2.75) is 30.4 Å². The van der Waals surface area contributed by atoms with Crippen LogP contribution >= 0.6 is 23.1 Å². The molecule has 1 aromatic carbocycles. The van der Waals surface area contributed by atoms with Gasteiger partial charge in [0.05, 0.1) is 16.9 Å². The number of nitriles is 1. The molecule has 126 valence electrons. The Labute approximate surface area is 149 Å². The van der Waals surface area contributed by atoms with Gasteiger partial charge >= 0.3 is 0 Å². The Bertz CT molecular complexity index is 721. The van der Waals surface area contributed by atoms with Crippen molar-refractivity contribution in [3.8, 4) is 6.07 Å². The number of rotatable bonds is 7. The SMILES string of the molecule is CC(C)CNc1nnc(S[C@H](C)C(=O)Nc2ccc(C#N)cc2)s1. The Kier molecular flexibility index (Phi) is 6.58. The molecule has 24 heavy (non-hydrogen) atoms. The molecule has 2 aromatic rings. The van der Waals surface area contributed by atoms with E-state index in [-0.39, 0.29) is 11.2 Å². The molecule has 0 unspecified atom stereocenters. The summed E-state index contributed by atoms with van der Waals surface area (Å²) in [5.41, 5.74) is 1.23. The molecular weight excluding hydrogens is 342 g/mol. The van der Waals surface area contributed by atoms with Gasteiger partial charge in [-0.25, -0.2) is 0 Å². The Morgan fingerprint density at radius 1 is 1.29 bits per heavy atom. The van der Waals surface area contributed by atoms with Crippen molar-refractivity contribution in [1.29, 1.82) is 5.26 Å². The van der Waals surface area contributed by atoms with Gasteiger partial charge in [0.1, 0.15) is 0 Å². The number of benzene rings is 1.